The summed E-state index contributed by atoms with van der Waals surface area (Å²) >= 11 is 4.11. The molecule has 4 aromatic rings. The summed E-state index contributed by atoms with van der Waals surface area (Å²) in [4.78, 5) is 5.99. The molecular formula is C28H32N2S2. The molecule has 1 heterocycles. The number of nitrogens with zero attached hydrogens (tertiary/aromatic N) is 1. The van der Waals surface area contributed by atoms with Crippen molar-refractivity contribution in [2.24, 2.45) is 0 Å². The van der Waals surface area contributed by atoms with Crippen molar-refractivity contribution in [2.75, 3.05) is 25.1 Å². The molecule has 2 nitrogen and oxygen atoms in total. The molecule has 0 atom stereocenters. The highest BCUT2D eigenvalue weighted by atomic mass is 32.2. The molecule has 0 saturated heterocycles. The molecule has 0 spiro atoms. The fourth-order valence-electron chi connectivity index (χ4n) is 3.89. The second-order valence-electron chi connectivity index (χ2n) is 8.25. The Balaban J connectivity index is 1.33. The number of H-pyrrole nitrogens is 1. The third-order valence-corrected chi connectivity index (χ3v) is 8.19. The van der Waals surface area contributed by atoms with Gasteiger partial charge in [0, 0.05) is 52.7 Å². The number of para-hydroxylation sites is 1. The molecule has 0 amide bonds. The number of aromatic nitrogens is 1. The predicted octanol–water partition coefficient (Wildman–Crippen LogP) is 6.88. The van der Waals surface area contributed by atoms with Gasteiger partial charge in [0.2, 0.25) is 0 Å². The number of fused-ring (bicyclic) bond motifs is 1. The molecule has 0 saturated carbocycles. The molecule has 4 heteroatoms. The van der Waals surface area contributed by atoms with Crippen molar-refractivity contribution in [3.05, 3.63) is 108 Å². The topological polar surface area (TPSA) is 19.0 Å². The summed E-state index contributed by atoms with van der Waals surface area (Å²) in [5, 5.41) is 1.36. The zero-order valence-corrected chi connectivity index (χ0v) is 20.4. The van der Waals surface area contributed by atoms with Crippen LogP contribution in [0.3, 0.4) is 0 Å². The lowest BCUT2D eigenvalue weighted by Gasteiger charge is -2.28. The third-order valence-electron chi connectivity index (χ3n) is 5.88. The van der Waals surface area contributed by atoms with Crippen molar-refractivity contribution in [1.29, 1.82) is 0 Å². The Morgan fingerprint density at radius 1 is 0.750 bits per heavy atom. The van der Waals surface area contributed by atoms with Crippen LogP contribution in [-0.4, -0.2) is 41.0 Å². The van der Waals surface area contributed by atoms with Gasteiger partial charge in [-0.25, -0.2) is 0 Å². The lowest BCUT2D eigenvalue weighted by molar-refractivity contribution is 0.285. The van der Waals surface area contributed by atoms with Crippen LogP contribution >= 0.6 is 23.5 Å². The highest BCUT2D eigenvalue weighted by molar-refractivity contribution is 7.99. The van der Waals surface area contributed by atoms with E-state index in [1.807, 2.05) is 0 Å². The molecule has 0 aliphatic rings. The fraction of sp³-hybridized carbons (Fsp3) is 0.286. The van der Waals surface area contributed by atoms with Crippen molar-refractivity contribution in [3.8, 4) is 0 Å². The maximum absolute atomic E-state index is 3.42. The van der Waals surface area contributed by atoms with E-state index in [9.17, 15) is 0 Å². The van der Waals surface area contributed by atoms with Crippen LogP contribution in [0.15, 0.2) is 91.1 Å². The minimum absolute atomic E-state index is 0.558. The quantitative estimate of drug-likeness (QED) is 0.249. The standard InChI is InChI=1S/C28H32N2S2/c1-30(17-16-25-18-29-28-15-9-8-14-27(25)28)26(21-31-19-23-10-4-2-5-11-23)22-32-20-24-12-6-3-7-13-24/h2-15,18,26,29H,16-17,19-22H2,1H3. The largest absolute Gasteiger partial charge is 0.361 e. The number of rotatable bonds is 12. The Morgan fingerprint density at radius 3 is 1.94 bits per heavy atom. The highest BCUT2D eigenvalue weighted by Gasteiger charge is 2.16. The first-order chi connectivity index (χ1) is 15.8. The fourth-order valence-corrected chi connectivity index (χ4v) is 6.42. The molecule has 0 bridgehead atoms. The number of hydrogen-bond acceptors (Lipinski definition) is 3. The van der Waals surface area contributed by atoms with Crippen molar-refractivity contribution in [2.45, 2.75) is 24.0 Å². The predicted molar refractivity (Wildman–Crippen MR) is 144 cm³/mol. The van der Waals surface area contributed by atoms with E-state index >= 15 is 0 Å². The summed E-state index contributed by atoms with van der Waals surface area (Å²) in [5.74, 6) is 4.47. The van der Waals surface area contributed by atoms with Gasteiger partial charge in [-0.3, -0.25) is 0 Å². The second kappa shape index (κ2) is 12.2. The summed E-state index contributed by atoms with van der Waals surface area (Å²) in [7, 11) is 2.30. The maximum atomic E-state index is 3.42. The number of thioether (sulfide) groups is 2. The Morgan fingerprint density at radius 2 is 1.31 bits per heavy atom. The van der Waals surface area contributed by atoms with Gasteiger partial charge < -0.3 is 9.88 Å². The molecule has 1 aromatic heterocycles. The van der Waals surface area contributed by atoms with Crippen LogP contribution in [0.25, 0.3) is 10.9 Å². The van der Waals surface area contributed by atoms with Crippen LogP contribution in [0.2, 0.25) is 0 Å². The van der Waals surface area contributed by atoms with E-state index in [1.165, 1.54) is 27.6 Å². The zero-order valence-electron chi connectivity index (χ0n) is 18.7. The van der Waals surface area contributed by atoms with E-state index in [0.29, 0.717) is 6.04 Å². The van der Waals surface area contributed by atoms with Crippen molar-refractivity contribution in [1.82, 2.24) is 9.88 Å². The molecule has 0 fully saturated rings. The van der Waals surface area contributed by atoms with E-state index < -0.39 is 0 Å². The Bertz CT molecular complexity index is 1020. The average Bonchev–Trinajstić information content (AvgIpc) is 3.26. The molecule has 0 aliphatic carbocycles. The van der Waals surface area contributed by atoms with Crippen LogP contribution < -0.4 is 0 Å². The molecule has 3 aromatic carbocycles. The maximum Gasteiger partial charge on any atom is 0.0456 e. The van der Waals surface area contributed by atoms with Crippen LogP contribution in [0.4, 0.5) is 0 Å². The molecule has 32 heavy (non-hydrogen) atoms. The van der Waals surface area contributed by atoms with Crippen LogP contribution in [0.5, 0.6) is 0 Å². The molecule has 0 aliphatic heterocycles. The summed E-state index contributed by atoms with van der Waals surface area (Å²) in [6.45, 7) is 1.07. The number of aromatic amines is 1. The molecule has 4 rings (SSSR count). The summed E-state index contributed by atoms with van der Waals surface area (Å²) in [6, 6.07) is 30.8. The Hall–Kier alpha value is -2.14. The summed E-state index contributed by atoms with van der Waals surface area (Å²) in [6.07, 6.45) is 3.26. The molecule has 1 N–H and O–H groups in total. The Kier molecular flexibility index (Phi) is 8.78. The van der Waals surface area contributed by atoms with Gasteiger partial charge in [0.05, 0.1) is 0 Å². The smallest absolute Gasteiger partial charge is 0.0456 e. The van der Waals surface area contributed by atoms with Crippen LogP contribution in [-0.2, 0) is 17.9 Å². The zero-order chi connectivity index (χ0) is 22.0. The van der Waals surface area contributed by atoms with Gasteiger partial charge >= 0.3 is 0 Å². The van der Waals surface area contributed by atoms with Gasteiger partial charge in [-0.2, -0.15) is 23.5 Å². The second-order valence-corrected chi connectivity index (χ2v) is 10.3. The first-order valence-electron chi connectivity index (χ1n) is 11.3. The first kappa shape index (κ1) is 23.0. The van der Waals surface area contributed by atoms with Crippen molar-refractivity contribution >= 4 is 34.4 Å². The normalized spacial score (nSPS) is 11.6. The number of hydrogen-bond donors (Lipinski definition) is 1. The lowest BCUT2D eigenvalue weighted by Crippen LogP contribution is -2.37. The van der Waals surface area contributed by atoms with Crippen molar-refractivity contribution < 1.29 is 0 Å². The van der Waals surface area contributed by atoms with Gasteiger partial charge in [0.25, 0.3) is 0 Å². The molecule has 166 valence electrons. The number of benzene rings is 3. The summed E-state index contributed by atoms with van der Waals surface area (Å²) < 4.78 is 0. The van der Waals surface area contributed by atoms with Crippen molar-refractivity contribution in [3.63, 3.8) is 0 Å². The molecular weight excluding hydrogens is 428 g/mol. The van der Waals surface area contributed by atoms with E-state index in [0.717, 1.165) is 36.0 Å². The van der Waals surface area contributed by atoms with Gasteiger partial charge in [-0.05, 0) is 36.2 Å². The van der Waals surface area contributed by atoms with Gasteiger partial charge in [-0.15, -0.1) is 0 Å². The van der Waals surface area contributed by atoms with E-state index in [2.05, 4.69) is 132 Å². The summed E-state index contributed by atoms with van der Waals surface area (Å²) in [5.41, 5.74) is 5.47. The van der Waals surface area contributed by atoms with E-state index in [4.69, 9.17) is 0 Å². The number of nitrogens with one attached hydrogen (secondary N) is 1. The third kappa shape index (κ3) is 6.68. The SMILES string of the molecule is CN(CCc1c[nH]c2ccccc12)C(CSCc1ccccc1)CSCc1ccccc1. The van der Waals surface area contributed by atoms with Gasteiger partial charge in [0.15, 0.2) is 0 Å². The minimum atomic E-state index is 0.558. The molecule has 0 radical (unpaired) electrons. The van der Waals surface area contributed by atoms with E-state index in [1.54, 1.807) is 0 Å². The number of likely N-dealkylation sites (N-methyl/N-ethyl adjacent to an activating group) is 1. The lowest BCUT2D eigenvalue weighted by atomic mass is 10.1. The van der Waals surface area contributed by atoms with Gasteiger partial charge in [0.1, 0.15) is 0 Å². The Labute approximate surface area is 200 Å². The van der Waals surface area contributed by atoms with Crippen LogP contribution in [0.1, 0.15) is 16.7 Å². The van der Waals surface area contributed by atoms with Gasteiger partial charge in [-0.1, -0.05) is 78.9 Å². The van der Waals surface area contributed by atoms with E-state index in [-0.39, 0.29) is 0 Å². The van der Waals surface area contributed by atoms with Crippen LogP contribution in [0, 0.1) is 0 Å². The minimum Gasteiger partial charge on any atom is -0.361 e. The highest BCUT2D eigenvalue weighted by Crippen LogP contribution is 2.22. The average molecular weight is 461 g/mol. The molecule has 0 unspecified atom stereocenters. The monoisotopic (exact) mass is 460 g/mol. The first-order valence-corrected chi connectivity index (χ1v) is 13.6.